The molecular formula is C36H38N2O10. The summed E-state index contributed by atoms with van der Waals surface area (Å²) in [6.07, 6.45) is 5.49. The Hall–Kier alpha value is -5.98. The summed E-state index contributed by atoms with van der Waals surface area (Å²) in [6, 6.07) is 27.4. The van der Waals surface area contributed by atoms with Crippen LogP contribution >= 0.6 is 0 Å². The van der Waals surface area contributed by atoms with Crippen LogP contribution in [-0.2, 0) is 16.2 Å². The van der Waals surface area contributed by atoms with Crippen LogP contribution in [0.1, 0.15) is 23.6 Å². The lowest BCUT2D eigenvalue weighted by Crippen LogP contribution is -2.14. The van der Waals surface area contributed by atoms with Crippen molar-refractivity contribution >= 4 is 24.0 Å². The molecular weight excluding hydrogens is 620 g/mol. The van der Waals surface area contributed by atoms with Gasteiger partial charge in [0.2, 0.25) is 6.79 Å². The maximum Gasteiger partial charge on any atom is 0.267 e. The molecule has 0 saturated heterocycles. The highest BCUT2D eigenvalue weighted by Crippen LogP contribution is 2.28. The summed E-state index contributed by atoms with van der Waals surface area (Å²) in [5.74, 6) is 2.47. The predicted molar refractivity (Wildman–Crippen MR) is 178 cm³/mol. The van der Waals surface area contributed by atoms with Crippen LogP contribution in [0, 0.1) is 0 Å². The summed E-state index contributed by atoms with van der Waals surface area (Å²) in [5.41, 5.74) is 5.46. The number of nitrogens with one attached hydrogen (secondary N) is 2. The predicted octanol–water partition coefficient (Wildman–Crippen LogP) is 5.82. The van der Waals surface area contributed by atoms with Gasteiger partial charge in [0.15, 0.2) is 0 Å². The van der Waals surface area contributed by atoms with Gasteiger partial charge in [-0.05, 0) is 73.2 Å². The van der Waals surface area contributed by atoms with Crippen LogP contribution in [0.2, 0.25) is 0 Å². The first-order valence-electron chi connectivity index (χ1n) is 14.6. The zero-order valence-electron chi connectivity index (χ0n) is 26.8. The van der Waals surface area contributed by atoms with Crippen LogP contribution in [0.15, 0.2) is 103 Å². The molecule has 0 atom stereocenters. The molecule has 0 aliphatic rings. The van der Waals surface area contributed by atoms with Crippen LogP contribution in [-0.4, -0.2) is 49.8 Å². The van der Waals surface area contributed by atoms with E-state index < -0.39 is 11.8 Å². The lowest BCUT2D eigenvalue weighted by molar-refractivity contribution is -0.124. The molecule has 48 heavy (non-hydrogen) atoms. The SMILES string of the molecule is CCOc1ccc(/C=C/C(=O)NO)c(OCc2ccccc2)c1.COc1ccc(OCOc2cc(OC)ccc2/C=C/C(=O)NO)cc1. The van der Waals surface area contributed by atoms with Crippen molar-refractivity contribution in [1.82, 2.24) is 11.0 Å². The van der Waals surface area contributed by atoms with Crippen LogP contribution in [0.4, 0.5) is 0 Å². The van der Waals surface area contributed by atoms with E-state index in [1.807, 2.05) is 37.3 Å². The van der Waals surface area contributed by atoms with Crippen molar-refractivity contribution in [3.63, 3.8) is 0 Å². The molecule has 0 bridgehead atoms. The van der Waals surface area contributed by atoms with Gasteiger partial charge in [0.05, 0.1) is 20.8 Å². The van der Waals surface area contributed by atoms with Gasteiger partial charge in [-0.15, -0.1) is 0 Å². The first-order chi connectivity index (χ1) is 23.4. The van der Waals surface area contributed by atoms with E-state index in [9.17, 15) is 9.59 Å². The summed E-state index contributed by atoms with van der Waals surface area (Å²) < 4.78 is 32.7. The number of carbonyl (C=O) groups excluding carboxylic acids is 2. The Balaban J connectivity index is 0.000000261. The lowest BCUT2D eigenvalue weighted by atomic mass is 10.1. The first kappa shape index (κ1) is 36.5. The number of carbonyl (C=O) groups is 2. The third kappa shape index (κ3) is 12.4. The van der Waals surface area contributed by atoms with Crippen molar-refractivity contribution in [3.8, 4) is 34.5 Å². The average Bonchev–Trinajstić information content (AvgIpc) is 3.13. The number of ether oxygens (including phenoxy) is 6. The minimum Gasteiger partial charge on any atom is -0.497 e. The summed E-state index contributed by atoms with van der Waals surface area (Å²) in [7, 11) is 3.13. The van der Waals surface area contributed by atoms with Gasteiger partial charge in [0, 0.05) is 35.4 Å². The molecule has 0 spiro atoms. The number of hydrogen-bond acceptors (Lipinski definition) is 10. The average molecular weight is 659 g/mol. The van der Waals surface area contributed by atoms with Crippen molar-refractivity contribution in [2.24, 2.45) is 0 Å². The summed E-state index contributed by atoms with van der Waals surface area (Å²) >= 11 is 0. The highest BCUT2D eigenvalue weighted by molar-refractivity contribution is 5.91. The minimum absolute atomic E-state index is 0.0352. The van der Waals surface area contributed by atoms with Gasteiger partial charge in [-0.2, -0.15) is 0 Å². The Bertz CT molecular complexity index is 1640. The molecule has 0 aliphatic heterocycles. The third-order valence-electron chi connectivity index (χ3n) is 6.30. The fraction of sp³-hybridized carbons (Fsp3) is 0.167. The van der Waals surface area contributed by atoms with Gasteiger partial charge in [0.1, 0.15) is 41.1 Å². The van der Waals surface area contributed by atoms with Crippen LogP contribution in [0.5, 0.6) is 34.5 Å². The van der Waals surface area contributed by atoms with Crippen molar-refractivity contribution in [2.75, 3.05) is 27.6 Å². The van der Waals surface area contributed by atoms with Gasteiger partial charge in [-0.1, -0.05) is 30.3 Å². The van der Waals surface area contributed by atoms with Gasteiger partial charge in [-0.25, -0.2) is 11.0 Å². The second-order valence-corrected chi connectivity index (χ2v) is 9.51. The zero-order chi connectivity index (χ0) is 34.6. The quantitative estimate of drug-likeness (QED) is 0.0532. The van der Waals surface area contributed by atoms with Crippen molar-refractivity contribution < 1.29 is 48.4 Å². The van der Waals surface area contributed by atoms with Gasteiger partial charge >= 0.3 is 0 Å². The van der Waals surface area contributed by atoms with Gasteiger partial charge in [-0.3, -0.25) is 20.0 Å². The number of amides is 2. The Morgan fingerprint density at radius 2 is 1.15 bits per heavy atom. The van der Waals surface area contributed by atoms with Crippen molar-refractivity contribution in [2.45, 2.75) is 13.5 Å². The topological polar surface area (TPSA) is 154 Å². The number of benzene rings is 4. The van der Waals surface area contributed by atoms with Gasteiger partial charge in [0.25, 0.3) is 11.8 Å². The van der Waals surface area contributed by atoms with E-state index >= 15 is 0 Å². The molecule has 12 nitrogen and oxygen atoms in total. The molecule has 4 aromatic carbocycles. The fourth-order valence-electron chi connectivity index (χ4n) is 3.91. The first-order valence-corrected chi connectivity index (χ1v) is 14.6. The molecule has 0 aliphatic carbocycles. The molecule has 252 valence electrons. The van der Waals surface area contributed by atoms with E-state index in [-0.39, 0.29) is 6.79 Å². The number of hydroxylamine groups is 2. The molecule has 0 unspecified atom stereocenters. The highest BCUT2D eigenvalue weighted by Gasteiger charge is 2.07. The summed E-state index contributed by atoms with van der Waals surface area (Å²) in [6.45, 7) is 2.83. The normalized spacial score (nSPS) is 10.4. The highest BCUT2D eigenvalue weighted by atomic mass is 16.7. The molecule has 0 heterocycles. The van der Waals surface area contributed by atoms with Crippen LogP contribution in [0.25, 0.3) is 12.2 Å². The standard InChI is InChI=1S/C18H19NO6.C18H19NO4/c1-22-14-6-8-15(9-7-14)24-12-25-17-11-16(23-2)5-3-13(17)4-10-18(20)19-21;1-2-22-16-10-8-15(9-11-18(20)19-21)17(12-16)23-13-14-6-4-3-5-7-14/h3-11,21H,12H2,1-2H3,(H,19,20);3-12,21H,2,13H2,1H3,(H,19,20)/b10-4+;11-9+. The van der Waals surface area contributed by atoms with E-state index in [4.69, 9.17) is 38.8 Å². The fourth-order valence-corrected chi connectivity index (χ4v) is 3.91. The molecule has 4 rings (SSSR count). The Kier molecular flexibility index (Phi) is 15.4. The zero-order valence-corrected chi connectivity index (χ0v) is 26.8. The molecule has 12 heteroatoms. The summed E-state index contributed by atoms with van der Waals surface area (Å²) in [5, 5.41) is 17.1. The number of methoxy groups -OCH3 is 2. The number of rotatable bonds is 15. The number of hydrogen-bond donors (Lipinski definition) is 4. The molecule has 2 amide bonds. The van der Waals surface area contributed by atoms with Crippen LogP contribution in [0.3, 0.4) is 0 Å². The van der Waals surface area contributed by atoms with E-state index in [0.29, 0.717) is 53.1 Å². The molecule has 0 aromatic heterocycles. The Morgan fingerprint density at radius 1 is 0.625 bits per heavy atom. The summed E-state index contributed by atoms with van der Waals surface area (Å²) in [4.78, 5) is 22.3. The van der Waals surface area contributed by atoms with Crippen molar-refractivity contribution in [1.29, 1.82) is 0 Å². The van der Waals surface area contributed by atoms with E-state index in [2.05, 4.69) is 0 Å². The largest absolute Gasteiger partial charge is 0.497 e. The van der Waals surface area contributed by atoms with E-state index in [1.54, 1.807) is 86.4 Å². The lowest BCUT2D eigenvalue weighted by Gasteiger charge is -2.12. The van der Waals surface area contributed by atoms with E-state index in [0.717, 1.165) is 11.3 Å². The Morgan fingerprint density at radius 3 is 1.71 bits per heavy atom. The second-order valence-electron chi connectivity index (χ2n) is 9.51. The maximum atomic E-state index is 11.1. The Labute approximate surface area is 278 Å². The van der Waals surface area contributed by atoms with Crippen LogP contribution < -0.4 is 39.4 Å². The van der Waals surface area contributed by atoms with Crippen molar-refractivity contribution in [3.05, 3.63) is 120 Å². The molecule has 0 radical (unpaired) electrons. The molecule has 4 aromatic rings. The smallest absolute Gasteiger partial charge is 0.267 e. The van der Waals surface area contributed by atoms with E-state index in [1.165, 1.54) is 23.7 Å². The maximum absolute atomic E-state index is 11.1. The second kappa shape index (κ2) is 20.2. The molecule has 4 N–H and O–H groups in total. The monoisotopic (exact) mass is 658 g/mol. The minimum atomic E-state index is -0.642. The van der Waals surface area contributed by atoms with Gasteiger partial charge < -0.3 is 28.4 Å². The molecule has 0 saturated carbocycles. The molecule has 0 fully saturated rings. The third-order valence-corrected chi connectivity index (χ3v) is 6.30.